The molecular formula is C13H23NO2. The molecule has 1 saturated heterocycles. The van der Waals surface area contributed by atoms with Crippen molar-refractivity contribution in [3.63, 3.8) is 0 Å². The summed E-state index contributed by atoms with van der Waals surface area (Å²) in [6.07, 6.45) is 7.22. The molecule has 3 nitrogen and oxygen atoms in total. The minimum atomic E-state index is -0.408. The van der Waals surface area contributed by atoms with E-state index in [9.17, 15) is 4.79 Å². The first-order valence-electron chi connectivity index (χ1n) is 6.06. The van der Waals surface area contributed by atoms with E-state index < -0.39 is 5.60 Å². The van der Waals surface area contributed by atoms with Gasteiger partial charge in [0.15, 0.2) is 0 Å². The van der Waals surface area contributed by atoms with E-state index >= 15 is 0 Å². The lowest BCUT2D eigenvalue weighted by atomic mass is 10.0. The van der Waals surface area contributed by atoms with E-state index in [0.717, 1.165) is 19.4 Å². The molecule has 0 N–H and O–H groups in total. The number of allylic oxidation sites excluding steroid dienone is 1. The van der Waals surface area contributed by atoms with Gasteiger partial charge in [0, 0.05) is 6.54 Å². The zero-order valence-corrected chi connectivity index (χ0v) is 10.8. The second-order valence-corrected chi connectivity index (χ2v) is 5.26. The minimum absolute atomic E-state index is 0.185. The van der Waals surface area contributed by atoms with Crippen LogP contribution in [-0.2, 0) is 4.74 Å². The van der Waals surface area contributed by atoms with Crippen LogP contribution in [0.2, 0.25) is 0 Å². The van der Waals surface area contributed by atoms with Gasteiger partial charge in [-0.2, -0.15) is 0 Å². The van der Waals surface area contributed by atoms with Crippen molar-refractivity contribution >= 4 is 6.09 Å². The Morgan fingerprint density at radius 1 is 1.38 bits per heavy atom. The molecule has 0 radical (unpaired) electrons. The van der Waals surface area contributed by atoms with Crippen LogP contribution in [-0.4, -0.2) is 29.2 Å². The second kappa shape index (κ2) is 5.37. The van der Waals surface area contributed by atoms with Crippen molar-refractivity contribution in [2.75, 3.05) is 6.54 Å². The van der Waals surface area contributed by atoms with Gasteiger partial charge in [-0.25, -0.2) is 4.79 Å². The maximum atomic E-state index is 12.0. The maximum absolute atomic E-state index is 12.0. The van der Waals surface area contributed by atoms with E-state index in [2.05, 4.69) is 6.08 Å². The number of nitrogens with zero attached hydrogens (tertiary/aromatic N) is 1. The standard InChI is InChI=1S/C13H23NO2/c1-5-8-11-9-6-7-10-14(11)12(15)16-13(2,3)4/h5,8,11H,6-7,9-10H2,1-4H3/b8-5+/t11-/m1/s1. The normalized spacial score (nSPS) is 22.5. The highest BCUT2D eigenvalue weighted by Gasteiger charge is 2.28. The number of hydrogen-bond donors (Lipinski definition) is 0. The molecule has 1 heterocycles. The SMILES string of the molecule is C/C=C/[C@@H]1CCCCN1C(=O)OC(C)(C)C. The topological polar surface area (TPSA) is 29.5 Å². The Hall–Kier alpha value is -0.990. The first-order valence-corrected chi connectivity index (χ1v) is 6.06. The number of carbonyl (C=O) groups is 1. The van der Waals surface area contributed by atoms with Crippen LogP contribution >= 0.6 is 0 Å². The van der Waals surface area contributed by atoms with Crippen molar-refractivity contribution in [3.05, 3.63) is 12.2 Å². The van der Waals surface area contributed by atoms with E-state index in [-0.39, 0.29) is 12.1 Å². The van der Waals surface area contributed by atoms with Crippen LogP contribution in [0.3, 0.4) is 0 Å². The molecule has 16 heavy (non-hydrogen) atoms. The fourth-order valence-corrected chi connectivity index (χ4v) is 1.93. The van der Waals surface area contributed by atoms with Crippen molar-refractivity contribution in [2.24, 2.45) is 0 Å². The molecule has 1 aliphatic heterocycles. The summed E-state index contributed by atoms with van der Waals surface area (Å²) in [4.78, 5) is 13.8. The number of ether oxygens (including phenoxy) is 1. The Kier molecular flexibility index (Phi) is 4.39. The van der Waals surface area contributed by atoms with Crippen LogP contribution in [0, 0.1) is 0 Å². The summed E-state index contributed by atoms with van der Waals surface area (Å²) in [6, 6.07) is 0.216. The lowest BCUT2D eigenvalue weighted by Crippen LogP contribution is -2.45. The van der Waals surface area contributed by atoms with Gasteiger partial charge in [0.2, 0.25) is 0 Å². The lowest BCUT2D eigenvalue weighted by molar-refractivity contribution is 0.0149. The molecule has 0 spiro atoms. The summed E-state index contributed by atoms with van der Waals surface area (Å²) in [6.45, 7) is 8.50. The van der Waals surface area contributed by atoms with Gasteiger partial charge in [-0.15, -0.1) is 0 Å². The largest absolute Gasteiger partial charge is 0.444 e. The van der Waals surface area contributed by atoms with Gasteiger partial charge in [-0.3, -0.25) is 0 Å². The minimum Gasteiger partial charge on any atom is -0.444 e. The molecule has 0 aliphatic carbocycles. The monoisotopic (exact) mass is 225 g/mol. The number of rotatable bonds is 1. The predicted molar refractivity (Wildman–Crippen MR) is 65.4 cm³/mol. The van der Waals surface area contributed by atoms with E-state index in [1.165, 1.54) is 6.42 Å². The third kappa shape index (κ3) is 3.87. The second-order valence-electron chi connectivity index (χ2n) is 5.26. The maximum Gasteiger partial charge on any atom is 0.410 e. The van der Waals surface area contributed by atoms with Gasteiger partial charge >= 0.3 is 6.09 Å². The molecule has 0 unspecified atom stereocenters. The van der Waals surface area contributed by atoms with Crippen molar-refractivity contribution in [2.45, 2.75) is 58.6 Å². The summed E-state index contributed by atoms with van der Waals surface area (Å²) in [5.41, 5.74) is -0.408. The van der Waals surface area contributed by atoms with Crippen LogP contribution in [0.15, 0.2) is 12.2 Å². The molecule has 0 aromatic rings. The number of likely N-dealkylation sites (tertiary alicyclic amines) is 1. The average Bonchev–Trinajstić information content (AvgIpc) is 2.16. The van der Waals surface area contributed by atoms with Gasteiger partial charge in [-0.1, -0.05) is 12.2 Å². The molecule has 0 aromatic carbocycles. The highest BCUT2D eigenvalue weighted by molar-refractivity contribution is 5.69. The van der Waals surface area contributed by atoms with Gasteiger partial charge in [-0.05, 0) is 47.0 Å². The van der Waals surface area contributed by atoms with E-state index in [1.807, 2.05) is 38.7 Å². The van der Waals surface area contributed by atoms with E-state index in [1.54, 1.807) is 0 Å². The van der Waals surface area contributed by atoms with Crippen molar-refractivity contribution in [3.8, 4) is 0 Å². The number of amides is 1. The number of piperidine rings is 1. The molecular weight excluding hydrogens is 202 g/mol. The van der Waals surface area contributed by atoms with Gasteiger partial charge in [0.05, 0.1) is 6.04 Å². The van der Waals surface area contributed by atoms with E-state index in [0.29, 0.717) is 0 Å². The quantitative estimate of drug-likeness (QED) is 0.640. The van der Waals surface area contributed by atoms with Crippen LogP contribution in [0.5, 0.6) is 0 Å². The zero-order chi connectivity index (χ0) is 12.2. The molecule has 92 valence electrons. The van der Waals surface area contributed by atoms with Crippen LogP contribution < -0.4 is 0 Å². The summed E-state index contributed by atoms with van der Waals surface area (Å²) in [5, 5.41) is 0. The summed E-state index contributed by atoms with van der Waals surface area (Å²) < 4.78 is 5.41. The van der Waals surface area contributed by atoms with Gasteiger partial charge in [0.1, 0.15) is 5.60 Å². The van der Waals surface area contributed by atoms with Crippen LogP contribution in [0.4, 0.5) is 4.79 Å². The average molecular weight is 225 g/mol. The zero-order valence-electron chi connectivity index (χ0n) is 10.8. The Morgan fingerprint density at radius 2 is 2.06 bits per heavy atom. The van der Waals surface area contributed by atoms with Gasteiger partial charge < -0.3 is 9.64 Å². The number of carbonyl (C=O) groups excluding carboxylic acids is 1. The third-order valence-electron chi connectivity index (χ3n) is 2.59. The Balaban J connectivity index is 2.64. The highest BCUT2D eigenvalue weighted by Crippen LogP contribution is 2.21. The molecule has 0 bridgehead atoms. The molecule has 1 rings (SSSR count). The van der Waals surface area contributed by atoms with Crippen molar-refractivity contribution in [1.29, 1.82) is 0 Å². The van der Waals surface area contributed by atoms with Gasteiger partial charge in [0.25, 0.3) is 0 Å². The molecule has 1 atom stereocenters. The third-order valence-corrected chi connectivity index (χ3v) is 2.59. The molecule has 1 fully saturated rings. The first-order chi connectivity index (χ1) is 7.44. The highest BCUT2D eigenvalue weighted by atomic mass is 16.6. The van der Waals surface area contributed by atoms with Crippen molar-refractivity contribution in [1.82, 2.24) is 4.90 Å². The van der Waals surface area contributed by atoms with Crippen molar-refractivity contribution < 1.29 is 9.53 Å². The Bertz CT molecular complexity index is 266. The Labute approximate surface area is 98.5 Å². The summed E-state index contributed by atoms with van der Waals surface area (Å²) >= 11 is 0. The van der Waals surface area contributed by atoms with Crippen LogP contribution in [0.1, 0.15) is 47.0 Å². The predicted octanol–water partition coefficient (Wildman–Crippen LogP) is 3.35. The fourth-order valence-electron chi connectivity index (χ4n) is 1.93. The molecule has 0 aromatic heterocycles. The molecule has 0 saturated carbocycles. The number of hydrogen-bond acceptors (Lipinski definition) is 2. The fraction of sp³-hybridized carbons (Fsp3) is 0.769. The van der Waals surface area contributed by atoms with Crippen LogP contribution in [0.25, 0.3) is 0 Å². The summed E-state index contributed by atoms with van der Waals surface area (Å²) in [7, 11) is 0. The molecule has 1 aliphatic rings. The smallest absolute Gasteiger partial charge is 0.410 e. The lowest BCUT2D eigenvalue weighted by Gasteiger charge is -2.35. The van der Waals surface area contributed by atoms with E-state index in [4.69, 9.17) is 4.74 Å². The molecule has 1 amide bonds. The molecule has 3 heteroatoms. The first kappa shape index (κ1) is 13.1. The Morgan fingerprint density at radius 3 is 2.62 bits per heavy atom. The summed E-state index contributed by atoms with van der Waals surface area (Å²) in [5.74, 6) is 0.